The average Bonchev–Trinajstić information content (AvgIpc) is 2.84. The number of piperazine rings is 1. The Bertz CT molecular complexity index is 1090. The molecule has 3 heterocycles. The van der Waals surface area contributed by atoms with Crippen LogP contribution >= 0.6 is 0 Å². The predicted molar refractivity (Wildman–Crippen MR) is 125 cm³/mol. The number of carbonyl (C=O) groups is 1. The van der Waals surface area contributed by atoms with Crippen molar-refractivity contribution in [2.45, 2.75) is 24.7 Å². The average molecular weight is 475 g/mol. The summed E-state index contributed by atoms with van der Waals surface area (Å²) >= 11 is 0. The van der Waals surface area contributed by atoms with Gasteiger partial charge in [-0.2, -0.15) is 4.31 Å². The second-order valence-corrected chi connectivity index (χ2v) is 10.5. The third kappa shape index (κ3) is 4.88. The number of primary amides is 1. The van der Waals surface area contributed by atoms with Crippen LogP contribution in [0.3, 0.4) is 0 Å². The Kier molecular flexibility index (Phi) is 6.71. The first kappa shape index (κ1) is 23.2. The Morgan fingerprint density at radius 1 is 0.970 bits per heavy atom. The van der Waals surface area contributed by atoms with Gasteiger partial charge in [-0.15, -0.1) is 10.2 Å². The maximum absolute atomic E-state index is 13.1. The van der Waals surface area contributed by atoms with Crippen molar-refractivity contribution in [1.29, 1.82) is 0 Å². The summed E-state index contributed by atoms with van der Waals surface area (Å²) in [6.45, 7) is 5.85. The lowest BCUT2D eigenvalue weighted by Crippen LogP contribution is -2.49. The molecular weight excluding hydrogens is 444 g/mol. The maximum Gasteiger partial charge on any atom is 0.252 e. The monoisotopic (exact) mass is 474 g/mol. The van der Waals surface area contributed by atoms with Crippen molar-refractivity contribution in [3.63, 3.8) is 0 Å². The van der Waals surface area contributed by atoms with Gasteiger partial charge in [-0.1, -0.05) is 6.92 Å². The molecule has 33 heavy (non-hydrogen) atoms. The molecule has 2 aliphatic rings. The van der Waals surface area contributed by atoms with Gasteiger partial charge in [0.2, 0.25) is 10.0 Å². The van der Waals surface area contributed by atoms with Gasteiger partial charge in [0, 0.05) is 39.3 Å². The third-order valence-corrected chi connectivity index (χ3v) is 8.28. The third-order valence-electron chi connectivity index (χ3n) is 6.38. The Balaban J connectivity index is 1.41. The largest absolute Gasteiger partial charge is 0.496 e. The minimum Gasteiger partial charge on any atom is -0.496 e. The van der Waals surface area contributed by atoms with E-state index in [1.54, 1.807) is 0 Å². The zero-order chi connectivity index (χ0) is 23.6. The second kappa shape index (κ2) is 9.52. The van der Waals surface area contributed by atoms with Gasteiger partial charge in [-0.25, -0.2) is 8.42 Å². The normalized spacial score (nSPS) is 18.4. The summed E-state index contributed by atoms with van der Waals surface area (Å²) in [5.41, 5.74) is 5.42. The molecule has 0 saturated carbocycles. The van der Waals surface area contributed by atoms with E-state index >= 15 is 0 Å². The van der Waals surface area contributed by atoms with Crippen LogP contribution < -0.4 is 20.3 Å². The van der Waals surface area contributed by atoms with Crippen molar-refractivity contribution >= 4 is 27.6 Å². The number of amides is 1. The number of hydrogen-bond donors (Lipinski definition) is 1. The van der Waals surface area contributed by atoms with Gasteiger partial charge < -0.3 is 20.3 Å². The SMILES string of the molecule is COc1ccc(S(=O)(=O)N2CCN(c3ccc(N4CCC(C)CC4)nn3)CC2)cc1C(N)=O. The highest BCUT2D eigenvalue weighted by atomic mass is 32.2. The van der Waals surface area contributed by atoms with Crippen molar-refractivity contribution in [1.82, 2.24) is 14.5 Å². The number of piperidine rings is 1. The summed E-state index contributed by atoms with van der Waals surface area (Å²) in [4.78, 5) is 16.0. The number of nitrogens with two attached hydrogens (primary N) is 1. The predicted octanol–water partition coefficient (Wildman–Crippen LogP) is 1.33. The van der Waals surface area contributed by atoms with Crippen LogP contribution in [0, 0.1) is 5.92 Å². The standard InChI is InChI=1S/C22H30N6O4S/c1-16-7-9-26(10-8-16)20-5-6-21(25-24-20)27-11-13-28(14-12-27)33(30,31)17-3-4-19(32-2)18(15-17)22(23)29/h3-6,15-16H,7-14H2,1-2H3,(H2,23,29). The van der Waals surface area contributed by atoms with Gasteiger partial charge in [0.15, 0.2) is 11.6 Å². The minimum absolute atomic E-state index is 0.0190. The highest BCUT2D eigenvalue weighted by molar-refractivity contribution is 7.89. The first-order valence-corrected chi connectivity index (χ1v) is 12.5. The number of aromatic nitrogens is 2. The van der Waals surface area contributed by atoms with Crippen molar-refractivity contribution < 1.29 is 17.9 Å². The highest BCUT2D eigenvalue weighted by Gasteiger charge is 2.30. The number of hydrogen-bond acceptors (Lipinski definition) is 8. The molecule has 1 aromatic heterocycles. The summed E-state index contributed by atoms with van der Waals surface area (Å²) in [6.07, 6.45) is 2.32. The molecule has 178 valence electrons. The Morgan fingerprint density at radius 3 is 2.06 bits per heavy atom. The molecule has 10 nitrogen and oxygen atoms in total. The number of nitrogens with zero attached hydrogens (tertiary/aromatic N) is 5. The van der Waals surface area contributed by atoms with Crippen LogP contribution in [0.25, 0.3) is 0 Å². The van der Waals surface area contributed by atoms with E-state index in [2.05, 4.69) is 22.0 Å². The Hall–Kier alpha value is -2.92. The number of rotatable bonds is 6. The lowest BCUT2D eigenvalue weighted by molar-refractivity contribution is 0.0997. The molecule has 2 N–H and O–H groups in total. The van der Waals surface area contributed by atoms with Crippen LogP contribution in [0.4, 0.5) is 11.6 Å². The number of carbonyl (C=O) groups excluding carboxylic acids is 1. The van der Waals surface area contributed by atoms with E-state index in [1.807, 2.05) is 17.0 Å². The molecule has 0 spiro atoms. The summed E-state index contributed by atoms with van der Waals surface area (Å²) in [7, 11) is -2.37. The molecule has 0 bridgehead atoms. The van der Waals surface area contributed by atoms with Crippen LogP contribution in [-0.2, 0) is 10.0 Å². The van der Waals surface area contributed by atoms with Gasteiger partial charge in [0.25, 0.3) is 5.91 Å². The van der Waals surface area contributed by atoms with Crippen LogP contribution in [0.5, 0.6) is 5.75 Å². The van der Waals surface area contributed by atoms with Crippen LogP contribution in [0.15, 0.2) is 35.2 Å². The van der Waals surface area contributed by atoms with E-state index in [9.17, 15) is 13.2 Å². The number of benzene rings is 1. The molecular formula is C22H30N6O4S. The summed E-state index contributed by atoms with van der Waals surface area (Å²) in [6, 6.07) is 8.09. The van der Waals surface area contributed by atoms with Gasteiger partial charge in [-0.3, -0.25) is 4.79 Å². The molecule has 2 saturated heterocycles. The summed E-state index contributed by atoms with van der Waals surface area (Å²) < 4.78 is 32.8. The number of anilines is 2. The maximum atomic E-state index is 13.1. The van der Waals surface area contributed by atoms with Crippen molar-refractivity contribution in [2.24, 2.45) is 11.7 Å². The lowest BCUT2D eigenvalue weighted by Gasteiger charge is -2.35. The molecule has 2 fully saturated rings. The van der Waals surface area contributed by atoms with Gasteiger partial charge in [0.05, 0.1) is 17.6 Å². The molecule has 4 rings (SSSR count). The molecule has 0 radical (unpaired) electrons. The van der Waals surface area contributed by atoms with E-state index in [0.717, 1.165) is 43.5 Å². The topological polar surface area (TPSA) is 122 Å². The van der Waals surface area contributed by atoms with Gasteiger partial charge >= 0.3 is 0 Å². The Labute approximate surface area is 194 Å². The fourth-order valence-corrected chi connectivity index (χ4v) is 5.69. The van der Waals surface area contributed by atoms with Crippen LogP contribution in [0.2, 0.25) is 0 Å². The first-order valence-electron chi connectivity index (χ1n) is 11.1. The van der Waals surface area contributed by atoms with Crippen LogP contribution in [-0.4, -0.2) is 75.2 Å². The molecule has 0 aliphatic carbocycles. The van der Waals surface area contributed by atoms with Crippen molar-refractivity contribution in [2.75, 3.05) is 56.2 Å². The zero-order valence-electron chi connectivity index (χ0n) is 19.0. The lowest BCUT2D eigenvalue weighted by atomic mass is 9.99. The van der Waals surface area contributed by atoms with E-state index in [1.165, 1.54) is 29.6 Å². The number of sulfonamides is 1. The highest BCUT2D eigenvalue weighted by Crippen LogP contribution is 2.26. The molecule has 2 aliphatic heterocycles. The zero-order valence-corrected chi connectivity index (χ0v) is 19.8. The molecule has 1 amide bonds. The fourth-order valence-electron chi connectivity index (χ4n) is 4.24. The smallest absolute Gasteiger partial charge is 0.252 e. The molecule has 2 aromatic rings. The molecule has 0 unspecified atom stereocenters. The van der Waals surface area contributed by atoms with E-state index in [0.29, 0.717) is 26.2 Å². The molecule has 0 atom stereocenters. The van der Waals surface area contributed by atoms with Crippen LogP contribution in [0.1, 0.15) is 30.1 Å². The van der Waals surface area contributed by atoms with Crippen molar-refractivity contribution in [3.05, 3.63) is 35.9 Å². The minimum atomic E-state index is -3.77. The number of ether oxygens (including phenoxy) is 1. The second-order valence-electron chi connectivity index (χ2n) is 8.54. The summed E-state index contributed by atoms with van der Waals surface area (Å²) in [5.74, 6) is 1.88. The van der Waals surface area contributed by atoms with Gasteiger partial charge in [0.1, 0.15) is 5.75 Å². The number of methoxy groups -OCH3 is 1. The van der Waals surface area contributed by atoms with E-state index in [-0.39, 0.29) is 16.2 Å². The first-order chi connectivity index (χ1) is 15.8. The van der Waals surface area contributed by atoms with E-state index in [4.69, 9.17) is 10.5 Å². The Morgan fingerprint density at radius 2 is 1.55 bits per heavy atom. The molecule has 1 aromatic carbocycles. The molecule has 11 heteroatoms. The van der Waals surface area contributed by atoms with E-state index < -0.39 is 15.9 Å². The van der Waals surface area contributed by atoms with Gasteiger partial charge in [-0.05, 0) is 49.1 Å². The quantitative estimate of drug-likeness (QED) is 0.665. The van der Waals surface area contributed by atoms with Crippen molar-refractivity contribution in [3.8, 4) is 5.75 Å². The summed E-state index contributed by atoms with van der Waals surface area (Å²) in [5, 5.41) is 8.80. The fraction of sp³-hybridized carbons (Fsp3) is 0.500.